The lowest BCUT2D eigenvalue weighted by Crippen LogP contribution is -2.53. The lowest BCUT2D eigenvalue weighted by Gasteiger charge is -2.40. The van der Waals surface area contributed by atoms with E-state index in [2.05, 4.69) is 23.7 Å². The van der Waals surface area contributed by atoms with Crippen LogP contribution in [-0.4, -0.2) is 66.0 Å². The maximum atomic E-state index is 12.8. The molecule has 2 aliphatic rings. The first-order chi connectivity index (χ1) is 12.8. The third kappa shape index (κ3) is 5.29. The summed E-state index contributed by atoms with van der Waals surface area (Å²) in [5.41, 5.74) is -0.198. The van der Waals surface area contributed by atoms with Crippen LogP contribution < -0.4 is 4.90 Å². The molecule has 0 radical (unpaired) electrons. The molecule has 5 nitrogen and oxygen atoms in total. The molecule has 2 fully saturated rings. The molecule has 1 aromatic rings. The van der Waals surface area contributed by atoms with Crippen molar-refractivity contribution in [1.29, 1.82) is 0 Å². The highest BCUT2D eigenvalue weighted by Gasteiger charge is 2.33. The molecule has 9 heteroatoms. The molecule has 158 valence electrons. The normalized spacial score (nSPS) is 19.6. The van der Waals surface area contributed by atoms with E-state index in [9.17, 15) is 18.0 Å². The van der Waals surface area contributed by atoms with Gasteiger partial charge in [0.05, 0.1) is 11.9 Å². The fourth-order valence-electron chi connectivity index (χ4n) is 3.84. The lowest BCUT2D eigenvalue weighted by atomic mass is 9.94. The molecule has 0 unspecified atom stereocenters. The van der Waals surface area contributed by atoms with Gasteiger partial charge in [0, 0.05) is 51.2 Å². The number of pyridine rings is 1. The topological polar surface area (TPSA) is 39.7 Å². The molecule has 0 bridgehead atoms. The van der Waals surface area contributed by atoms with E-state index in [0.717, 1.165) is 45.1 Å². The zero-order valence-corrected chi connectivity index (χ0v) is 17.1. The number of amides is 1. The van der Waals surface area contributed by atoms with Gasteiger partial charge in [-0.05, 0) is 38.8 Å². The van der Waals surface area contributed by atoms with Crippen LogP contribution in [0.3, 0.4) is 0 Å². The predicted octanol–water partition coefficient (Wildman–Crippen LogP) is 3.29. The Hall–Kier alpha value is -1.54. The van der Waals surface area contributed by atoms with Gasteiger partial charge in [-0.15, -0.1) is 12.4 Å². The summed E-state index contributed by atoms with van der Waals surface area (Å²) in [6.07, 6.45) is -1.69. The van der Waals surface area contributed by atoms with Crippen molar-refractivity contribution in [3.63, 3.8) is 0 Å². The van der Waals surface area contributed by atoms with E-state index < -0.39 is 11.9 Å². The fourth-order valence-corrected chi connectivity index (χ4v) is 3.84. The zero-order valence-electron chi connectivity index (χ0n) is 16.3. The van der Waals surface area contributed by atoms with E-state index in [4.69, 9.17) is 0 Å². The third-order valence-corrected chi connectivity index (χ3v) is 5.60. The van der Waals surface area contributed by atoms with Crippen LogP contribution in [0.15, 0.2) is 18.3 Å². The minimum atomic E-state index is -4.42. The third-order valence-electron chi connectivity index (χ3n) is 5.60. The maximum Gasteiger partial charge on any atom is 0.433 e. The minimum Gasteiger partial charge on any atom is -0.370 e. The van der Waals surface area contributed by atoms with E-state index in [1.807, 2.05) is 9.80 Å². The highest BCUT2D eigenvalue weighted by atomic mass is 35.5. The van der Waals surface area contributed by atoms with Crippen LogP contribution in [0.2, 0.25) is 0 Å². The Morgan fingerprint density at radius 2 is 1.68 bits per heavy atom. The van der Waals surface area contributed by atoms with Crippen LogP contribution in [0.4, 0.5) is 18.9 Å². The summed E-state index contributed by atoms with van der Waals surface area (Å²) in [5.74, 6) is 0.234. The number of piperazine rings is 1. The number of carbonyl (C=O) groups is 1. The van der Waals surface area contributed by atoms with Crippen LogP contribution in [0.5, 0.6) is 0 Å². The van der Waals surface area contributed by atoms with Crippen molar-refractivity contribution in [2.75, 3.05) is 44.2 Å². The lowest BCUT2D eigenvalue weighted by molar-refractivity contribution is -0.141. The number of alkyl halides is 3. The molecule has 2 saturated heterocycles. The number of nitrogens with zero attached hydrogens (tertiary/aromatic N) is 4. The van der Waals surface area contributed by atoms with Gasteiger partial charge in [0.2, 0.25) is 5.91 Å². The molecule has 1 aromatic heterocycles. The monoisotopic (exact) mass is 420 g/mol. The molecule has 28 heavy (non-hydrogen) atoms. The highest BCUT2D eigenvalue weighted by Crippen LogP contribution is 2.30. The number of halogens is 4. The predicted molar refractivity (Wildman–Crippen MR) is 105 cm³/mol. The Labute approximate surface area is 170 Å². The van der Waals surface area contributed by atoms with Gasteiger partial charge < -0.3 is 9.80 Å². The molecule has 0 aliphatic carbocycles. The molecule has 1 amide bonds. The van der Waals surface area contributed by atoms with Gasteiger partial charge in [-0.1, -0.05) is 0 Å². The van der Waals surface area contributed by atoms with E-state index in [-0.39, 0.29) is 24.2 Å². The number of hydrogen-bond acceptors (Lipinski definition) is 4. The Morgan fingerprint density at radius 3 is 2.14 bits per heavy atom. The SMILES string of the molecule is CC(C)N1CCN(C(=O)C2CCN(c3ccc(C(F)(F)F)nc3)CC2)CC1.Cl. The Morgan fingerprint density at radius 1 is 1.07 bits per heavy atom. The second kappa shape index (κ2) is 9.31. The molecule has 0 spiro atoms. The van der Waals surface area contributed by atoms with Crippen molar-refractivity contribution in [1.82, 2.24) is 14.8 Å². The van der Waals surface area contributed by atoms with Gasteiger partial charge in [-0.25, -0.2) is 4.98 Å². The van der Waals surface area contributed by atoms with Crippen molar-refractivity contribution >= 4 is 24.0 Å². The van der Waals surface area contributed by atoms with E-state index in [1.54, 1.807) is 0 Å². The van der Waals surface area contributed by atoms with Crippen LogP contribution in [0.1, 0.15) is 32.4 Å². The van der Waals surface area contributed by atoms with Gasteiger partial charge in [-0.2, -0.15) is 13.2 Å². The number of piperidine rings is 1. The maximum absolute atomic E-state index is 12.8. The minimum absolute atomic E-state index is 0. The summed E-state index contributed by atoms with van der Waals surface area (Å²) in [4.78, 5) is 22.7. The Bertz CT molecular complexity index is 638. The van der Waals surface area contributed by atoms with Crippen LogP contribution in [-0.2, 0) is 11.0 Å². The van der Waals surface area contributed by atoms with E-state index >= 15 is 0 Å². The van der Waals surface area contributed by atoms with Gasteiger partial charge >= 0.3 is 6.18 Å². The summed E-state index contributed by atoms with van der Waals surface area (Å²) in [6, 6.07) is 2.98. The number of anilines is 1. The van der Waals surface area contributed by atoms with E-state index in [0.29, 0.717) is 24.8 Å². The van der Waals surface area contributed by atoms with Crippen molar-refractivity contribution in [2.45, 2.75) is 38.9 Å². The average Bonchev–Trinajstić information content (AvgIpc) is 2.67. The number of carbonyl (C=O) groups excluding carboxylic acids is 1. The first-order valence-corrected chi connectivity index (χ1v) is 9.56. The number of aromatic nitrogens is 1. The summed E-state index contributed by atoms with van der Waals surface area (Å²) in [7, 11) is 0. The molecule has 0 atom stereocenters. The first-order valence-electron chi connectivity index (χ1n) is 9.56. The van der Waals surface area contributed by atoms with Crippen molar-refractivity contribution in [2.24, 2.45) is 5.92 Å². The first kappa shape index (κ1) is 22.7. The molecule has 0 saturated carbocycles. The van der Waals surface area contributed by atoms with Crippen molar-refractivity contribution in [3.8, 4) is 0 Å². The molecule has 3 heterocycles. The van der Waals surface area contributed by atoms with Gasteiger partial charge in [0.25, 0.3) is 0 Å². The van der Waals surface area contributed by atoms with Crippen LogP contribution in [0.25, 0.3) is 0 Å². The van der Waals surface area contributed by atoms with Gasteiger partial charge in [-0.3, -0.25) is 9.69 Å². The van der Waals surface area contributed by atoms with E-state index in [1.165, 1.54) is 12.3 Å². The smallest absolute Gasteiger partial charge is 0.370 e. The van der Waals surface area contributed by atoms with Crippen molar-refractivity contribution < 1.29 is 18.0 Å². The van der Waals surface area contributed by atoms with Crippen LogP contribution in [0, 0.1) is 5.92 Å². The summed E-state index contributed by atoms with van der Waals surface area (Å²) in [6.45, 7) is 9.05. The van der Waals surface area contributed by atoms with Gasteiger partial charge in [0.15, 0.2) is 0 Å². The molecule has 0 N–H and O–H groups in total. The second-order valence-corrected chi connectivity index (χ2v) is 7.62. The molecule has 3 rings (SSSR count). The summed E-state index contributed by atoms with van der Waals surface area (Å²) < 4.78 is 37.9. The molecule has 2 aliphatic heterocycles. The molecule has 0 aromatic carbocycles. The van der Waals surface area contributed by atoms with Gasteiger partial charge in [0.1, 0.15) is 5.69 Å². The Balaban J connectivity index is 0.00000280. The van der Waals surface area contributed by atoms with Crippen molar-refractivity contribution in [3.05, 3.63) is 24.0 Å². The average molecular weight is 421 g/mol. The zero-order chi connectivity index (χ0) is 19.6. The fraction of sp³-hybridized carbons (Fsp3) is 0.684. The molecular formula is C19H28ClF3N4O. The largest absolute Gasteiger partial charge is 0.433 e. The standard InChI is InChI=1S/C19H27F3N4O.ClH/c1-14(2)24-9-11-26(12-10-24)18(27)15-5-7-25(8-6-15)16-3-4-17(23-13-16)19(20,21)22;/h3-4,13-15H,5-12H2,1-2H3;1H. The quantitative estimate of drug-likeness (QED) is 0.752. The summed E-state index contributed by atoms with van der Waals surface area (Å²) >= 11 is 0. The number of hydrogen-bond donors (Lipinski definition) is 0. The highest BCUT2D eigenvalue weighted by molar-refractivity contribution is 5.85. The Kier molecular flexibility index (Phi) is 7.56. The summed E-state index contributed by atoms with van der Waals surface area (Å²) in [5, 5.41) is 0. The number of rotatable bonds is 3. The molecular weight excluding hydrogens is 393 g/mol. The second-order valence-electron chi connectivity index (χ2n) is 7.62. The van der Waals surface area contributed by atoms with Crippen LogP contribution >= 0.6 is 12.4 Å².